The molecule has 156 valence electrons. The molecule has 2 aromatic heterocycles. The molecule has 30 heavy (non-hydrogen) atoms. The van der Waals surface area contributed by atoms with E-state index in [1.54, 1.807) is 19.1 Å². The molecule has 0 aliphatic rings. The Morgan fingerprint density at radius 2 is 1.93 bits per heavy atom. The number of hydrogen-bond acceptors (Lipinski definition) is 5. The van der Waals surface area contributed by atoms with Crippen LogP contribution in [0.4, 0.5) is 10.5 Å². The minimum absolute atomic E-state index is 0.0980. The van der Waals surface area contributed by atoms with Crippen LogP contribution in [0.2, 0.25) is 0 Å². The number of rotatable bonds is 6. The van der Waals surface area contributed by atoms with Crippen LogP contribution in [-0.2, 0) is 10.6 Å². The van der Waals surface area contributed by atoms with Crippen LogP contribution in [0.3, 0.4) is 0 Å². The van der Waals surface area contributed by atoms with Gasteiger partial charge >= 0.3 is 6.09 Å². The number of nitrogens with one attached hydrogen (secondary N) is 1. The number of hydrogen-bond donors (Lipinski definition) is 1. The third-order valence-electron chi connectivity index (χ3n) is 4.38. The first-order valence-corrected chi connectivity index (χ1v) is 10.2. The Bertz CT molecular complexity index is 1100. The molecular formula is C22H23ClN4O3. The van der Waals surface area contributed by atoms with E-state index < -0.39 is 6.09 Å². The maximum absolute atomic E-state index is 12.2. The molecule has 0 atom stereocenters. The van der Waals surface area contributed by atoms with Crippen molar-refractivity contribution in [3.63, 3.8) is 0 Å². The monoisotopic (exact) mass is 426 g/mol. The lowest BCUT2D eigenvalue weighted by molar-refractivity contribution is 0.168. The Balaban J connectivity index is 2.24. The predicted octanol–water partition coefficient (Wildman–Crippen LogP) is 4.86. The van der Waals surface area contributed by atoms with Crippen molar-refractivity contribution in [2.75, 3.05) is 11.9 Å². The van der Waals surface area contributed by atoms with E-state index in [1.807, 2.05) is 44.2 Å². The van der Waals surface area contributed by atoms with E-state index in [9.17, 15) is 9.59 Å². The topological polar surface area (TPSA) is 86.1 Å². The highest BCUT2D eigenvalue weighted by molar-refractivity contribution is 6.17. The number of nitrogens with zero attached hydrogens (tertiary/aromatic N) is 3. The maximum Gasteiger partial charge on any atom is 0.411 e. The number of anilines is 1. The van der Waals surface area contributed by atoms with Gasteiger partial charge in [0.25, 0.3) is 5.56 Å². The summed E-state index contributed by atoms with van der Waals surface area (Å²) >= 11 is 6.12. The zero-order chi connectivity index (χ0) is 21.7. The number of halogens is 1. The van der Waals surface area contributed by atoms with Gasteiger partial charge in [0.2, 0.25) is 0 Å². The van der Waals surface area contributed by atoms with Crippen LogP contribution in [0, 0.1) is 0 Å². The highest BCUT2D eigenvalue weighted by Crippen LogP contribution is 2.33. The third kappa shape index (κ3) is 4.68. The molecule has 0 radical (unpaired) electrons. The van der Waals surface area contributed by atoms with E-state index in [1.165, 1.54) is 10.7 Å². The van der Waals surface area contributed by atoms with Crippen LogP contribution in [0.1, 0.15) is 32.5 Å². The fourth-order valence-electron chi connectivity index (χ4n) is 2.99. The summed E-state index contributed by atoms with van der Waals surface area (Å²) in [6, 6.07) is 14.4. The van der Waals surface area contributed by atoms with Gasteiger partial charge in [0.15, 0.2) is 0 Å². The van der Waals surface area contributed by atoms with Crippen molar-refractivity contribution in [3.05, 3.63) is 64.6 Å². The molecule has 0 fully saturated rings. The molecule has 0 spiro atoms. The SMILES string of the molecule is CCOC(=O)Nc1cc(-c2ccc(=O)n(C(C)C)n2)c(-c2ccccc2)nc1CCl. The van der Waals surface area contributed by atoms with Gasteiger partial charge < -0.3 is 4.74 Å². The number of ether oxygens (including phenoxy) is 1. The molecule has 3 rings (SSSR count). The second-order valence-corrected chi connectivity index (χ2v) is 7.09. The number of aromatic nitrogens is 3. The van der Waals surface area contributed by atoms with Crippen molar-refractivity contribution in [2.45, 2.75) is 32.7 Å². The molecule has 1 amide bonds. The molecule has 8 heteroatoms. The third-order valence-corrected chi connectivity index (χ3v) is 4.63. The van der Waals surface area contributed by atoms with Gasteiger partial charge in [0.05, 0.1) is 41.3 Å². The van der Waals surface area contributed by atoms with Crippen molar-refractivity contribution < 1.29 is 9.53 Å². The lowest BCUT2D eigenvalue weighted by Gasteiger charge is -2.16. The molecule has 0 aliphatic carbocycles. The van der Waals surface area contributed by atoms with E-state index in [-0.39, 0.29) is 24.1 Å². The number of carbonyl (C=O) groups is 1. The minimum atomic E-state index is -0.593. The Morgan fingerprint density at radius 3 is 2.57 bits per heavy atom. The first-order chi connectivity index (χ1) is 14.4. The van der Waals surface area contributed by atoms with Crippen LogP contribution in [0.15, 0.2) is 53.3 Å². The largest absolute Gasteiger partial charge is 0.450 e. The molecule has 0 bridgehead atoms. The van der Waals surface area contributed by atoms with Crippen LogP contribution in [-0.4, -0.2) is 27.5 Å². The van der Waals surface area contributed by atoms with Crippen molar-refractivity contribution in [1.29, 1.82) is 0 Å². The van der Waals surface area contributed by atoms with Gasteiger partial charge in [0, 0.05) is 17.2 Å². The van der Waals surface area contributed by atoms with E-state index in [0.717, 1.165) is 5.56 Å². The maximum atomic E-state index is 12.2. The number of benzene rings is 1. The average molecular weight is 427 g/mol. The van der Waals surface area contributed by atoms with Crippen molar-refractivity contribution >= 4 is 23.4 Å². The average Bonchev–Trinajstić information content (AvgIpc) is 2.74. The molecule has 7 nitrogen and oxygen atoms in total. The minimum Gasteiger partial charge on any atom is -0.450 e. The van der Waals surface area contributed by atoms with Gasteiger partial charge in [-0.15, -0.1) is 11.6 Å². The van der Waals surface area contributed by atoms with Crippen LogP contribution >= 0.6 is 11.6 Å². The Kier molecular flexibility index (Phi) is 6.84. The summed E-state index contributed by atoms with van der Waals surface area (Å²) in [5.74, 6) is 0.0980. The summed E-state index contributed by atoms with van der Waals surface area (Å²) in [6.07, 6.45) is -0.593. The summed E-state index contributed by atoms with van der Waals surface area (Å²) in [5.41, 5.74) is 3.49. The summed E-state index contributed by atoms with van der Waals surface area (Å²) in [6.45, 7) is 5.74. The molecule has 3 aromatic rings. The smallest absolute Gasteiger partial charge is 0.411 e. The molecule has 0 aliphatic heterocycles. The number of carbonyl (C=O) groups excluding carboxylic acids is 1. The van der Waals surface area contributed by atoms with Gasteiger partial charge in [-0.25, -0.2) is 14.5 Å². The molecule has 0 saturated heterocycles. The Labute approximate surface area is 179 Å². The highest BCUT2D eigenvalue weighted by Gasteiger charge is 2.18. The number of alkyl halides is 1. The zero-order valence-electron chi connectivity index (χ0n) is 17.1. The molecule has 1 aromatic carbocycles. The second kappa shape index (κ2) is 9.54. The van der Waals surface area contributed by atoms with Crippen LogP contribution in [0.25, 0.3) is 22.5 Å². The van der Waals surface area contributed by atoms with Crippen LogP contribution in [0.5, 0.6) is 0 Å². The molecule has 0 saturated carbocycles. The van der Waals surface area contributed by atoms with E-state index in [0.29, 0.717) is 28.3 Å². The summed E-state index contributed by atoms with van der Waals surface area (Å²) in [5, 5.41) is 7.22. The lowest BCUT2D eigenvalue weighted by atomic mass is 10.0. The predicted molar refractivity (Wildman–Crippen MR) is 118 cm³/mol. The van der Waals surface area contributed by atoms with Gasteiger partial charge in [0.1, 0.15) is 0 Å². The quantitative estimate of drug-likeness (QED) is 0.569. The van der Waals surface area contributed by atoms with Gasteiger partial charge in [-0.1, -0.05) is 30.3 Å². The summed E-state index contributed by atoms with van der Waals surface area (Å²) in [4.78, 5) is 28.9. The first-order valence-electron chi connectivity index (χ1n) is 9.64. The zero-order valence-corrected chi connectivity index (χ0v) is 17.8. The van der Waals surface area contributed by atoms with Gasteiger partial charge in [-0.05, 0) is 32.9 Å². The van der Waals surface area contributed by atoms with Crippen molar-refractivity contribution in [3.8, 4) is 22.5 Å². The highest BCUT2D eigenvalue weighted by atomic mass is 35.5. The van der Waals surface area contributed by atoms with E-state index >= 15 is 0 Å². The van der Waals surface area contributed by atoms with E-state index in [2.05, 4.69) is 10.4 Å². The van der Waals surface area contributed by atoms with Crippen LogP contribution < -0.4 is 10.9 Å². The first kappa shape index (κ1) is 21.5. The standard InChI is InChI=1S/C22H23ClN4O3/c1-4-30-22(29)25-18-12-16(17-10-11-20(28)27(26-17)14(2)3)21(24-19(18)13-23)15-8-6-5-7-9-15/h5-12,14H,4,13H2,1-3H3,(H,25,29). The van der Waals surface area contributed by atoms with Crippen molar-refractivity contribution in [2.24, 2.45) is 0 Å². The Morgan fingerprint density at radius 1 is 1.20 bits per heavy atom. The van der Waals surface area contributed by atoms with Crippen molar-refractivity contribution in [1.82, 2.24) is 14.8 Å². The number of pyridine rings is 1. The fraction of sp³-hybridized carbons (Fsp3) is 0.273. The van der Waals surface area contributed by atoms with E-state index in [4.69, 9.17) is 21.3 Å². The van der Waals surface area contributed by atoms with Gasteiger partial charge in [-0.3, -0.25) is 10.1 Å². The summed E-state index contributed by atoms with van der Waals surface area (Å²) in [7, 11) is 0. The fourth-order valence-corrected chi connectivity index (χ4v) is 3.19. The molecular weight excluding hydrogens is 404 g/mol. The number of amides is 1. The normalized spacial score (nSPS) is 10.8. The second-order valence-electron chi connectivity index (χ2n) is 6.82. The van der Waals surface area contributed by atoms with Gasteiger partial charge in [-0.2, -0.15) is 5.10 Å². The Hall–Kier alpha value is -3.19. The lowest BCUT2D eigenvalue weighted by Crippen LogP contribution is -2.24. The summed E-state index contributed by atoms with van der Waals surface area (Å²) < 4.78 is 6.40. The molecule has 1 N–H and O–H groups in total. The molecule has 2 heterocycles. The molecule has 0 unspecified atom stereocenters.